The van der Waals surface area contributed by atoms with Crippen LogP contribution < -0.4 is 5.73 Å². The highest BCUT2D eigenvalue weighted by Gasteiger charge is 2.15. The topological polar surface area (TPSA) is 76.2 Å². The average Bonchev–Trinajstić information content (AvgIpc) is 2.36. The Morgan fingerprint density at radius 3 is 3.00 bits per heavy atom. The van der Waals surface area contributed by atoms with Crippen LogP contribution in [0.2, 0.25) is 0 Å². The highest BCUT2D eigenvalue weighted by molar-refractivity contribution is 7.09. The van der Waals surface area contributed by atoms with Gasteiger partial charge in [-0.05, 0) is 0 Å². The van der Waals surface area contributed by atoms with Crippen LogP contribution in [0, 0.1) is 0 Å². The summed E-state index contributed by atoms with van der Waals surface area (Å²) in [6.45, 7) is 0. The smallest absolute Gasteiger partial charge is 0.253 e. The maximum absolute atomic E-state index is 10.3. The van der Waals surface area contributed by atoms with Crippen molar-refractivity contribution in [2.24, 2.45) is 5.73 Å². The van der Waals surface area contributed by atoms with E-state index in [1.165, 1.54) is 17.5 Å². The Morgan fingerprint density at radius 1 is 1.90 bits per heavy atom. The molecule has 1 amide bonds. The van der Waals surface area contributed by atoms with Crippen LogP contribution in [0.4, 0.5) is 0 Å². The molecule has 0 aliphatic carbocycles. The van der Waals surface area contributed by atoms with Gasteiger partial charge in [0.15, 0.2) is 6.10 Å². The van der Waals surface area contributed by atoms with Gasteiger partial charge >= 0.3 is 0 Å². The van der Waals surface area contributed by atoms with Gasteiger partial charge in [-0.25, -0.2) is 4.98 Å². The lowest BCUT2D eigenvalue weighted by atomic mass is 10.4. The predicted octanol–water partition coefficient (Wildman–Crippen LogP) is -0.338. The summed E-state index contributed by atoms with van der Waals surface area (Å²) in [6.07, 6.45) is 0.256. The molecule has 3 N–H and O–H groups in total. The zero-order valence-electron chi connectivity index (χ0n) is 5.02. The van der Waals surface area contributed by atoms with Crippen molar-refractivity contribution in [3.8, 4) is 0 Å². The van der Waals surface area contributed by atoms with Gasteiger partial charge in [0.2, 0.25) is 0 Å². The van der Waals surface area contributed by atoms with Crippen LogP contribution in [0.25, 0.3) is 0 Å². The number of aliphatic hydroxyl groups is 1. The lowest BCUT2D eigenvalue weighted by Crippen LogP contribution is -2.20. The zero-order valence-corrected chi connectivity index (χ0v) is 5.84. The van der Waals surface area contributed by atoms with Crippen LogP contribution in [0.5, 0.6) is 0 Å². The fourth-order valence-corrected chi connectivity index (χ4v) is 1.12. The number of aliphatic hydroxyl groups excluding tert-OH is 1. The molecule has 1 atom stereocenters. The molecule has 0 fully saturated rings. The van der Waals surface area contributed by atoms with E-state index in [1.54, 1.807) is 5.38 Å². The van der Waals surface area contributed by atoms with Crippen molar-refractivity contribution in [1.29, 1.82) is 0 Å². The SMILES string of the molecule is NC(=O)C(O)c1nccs1. The minimum Gasteiger partial charge on any atom is -0.376 e. The number of rotatable bonds is 2. The Hall–Kier alpha value is -0.940. The molecule has 0 aromatic carbocycles. The fraction of sp³-hybridized carbons (Fsp3) is 0.200. The minimum absolute atomic E-state index is 0.340. The highest BCUT2D eigenvalue weighted by Crippen LogP contribution is 2.13. The number of amides is 1. The lowest BCUT2D eigenvalue weighted by Gasteiger charge is -1.98. The lowest BCUT2D eigenvalue weighted by molar-refractivity contribution is -0.126. The van der Waals surface area contributed by atoms with Gasteiger partial charge in [-0.2, -0.15) is 0 Å². The van der Waals surface area contributed by atoms with Crippen molar-refractivity contribution in [2.75, 3.05) is 0 Å². The van der Waals surface area contributed by atoms with Gasteiger partial charge in [0.25, 0.3) is 5.91 Å². The molecule has 0 saturated heterocycles. The van der Waals surface area contributed by atoms with Gasteiger partial charge in [0, 0.05) is 11.6 Å². The molecule has 0 saturated carbocycles. The van der Waals surface area contributed by atoms with E-state index in [1.807, 2.05) is 0 Å². The van der Waals surface area contributed by atoms with Crippen LogP contribution in [0.15, 0.2) is 11.6 Å². The van der Waals surface area contributed by atoms with Crippen LogP contribution in [0.1, 0.15) is 11.1 Å². The van der Waals surface area contributed by atoms with E-state index in [0.717, 1.165) is 0 Å². The first-order valence-electron chi connectivity index (χ1n) is 2.58. The van der Waals surface area contributed by atoms with Crippen molar-refractivity contribution < 1.29 is 9.90 Å². The third kappa shape index (κ3) is 1.31. The van der Waals surface area contributed by atoms with Crippen molar-refractivity contribution >= 4 is 17.2 Å². The first kappa shape index (κ1) is 7.17. The summed E-state index contributed by atoms with van der Waals surface area (Å²) >= 11 is 1.20. The van der Waals surface area contributed by atoms with E-state index in [2.05, 4.69) is 4.98 Å². The second kappa shape index (κ2) is 2.76. The van der Waals surface area contributed by atoms with Gasteiger partial charge in [0.05, 0.1) is 0 Å². The minimum atomic E-state index is -1.25. The summed E-state index contributed by atoms with van der Waals surface area (Å²) in [7, 11) is 0. The summed E-state index contributed by atoms with van der Waals surface area (Å²) in [5.41, 5.74) is 4.80. The zero-order chi connectivity index (χ0) is 7.56. The number of aromatic nitrogens is 1. The molecule has 1 unspecified atom stereocenters. The van der Waals surface area contributed by atoms with Crippen molar-refractivity contribution in [3.05, 3.63) is 16.6 Å². The largest absolute Gasteiger partial charge is 0.376 e. The summed E-state index contributed by atoms with van der Waals surface area (Å²) in [6, 6.07) is 0. The molecule has 1 aromatic heterocycles. The highest BCUT2D eigenvalue weighted by atomic mass is 32.1. The maximum atomic E-state index is 10.3. The van der Waals surface area contributed by atoms with Gasteiger partial charge in [0.1, 0.15) is 5.01 Å². The predicted molar refractivity (Wildman–Crippen MR) is 36.3 cm³/mol. The first-order valence-corrected chi connectivity index (χ1v) is 3.46. The maximum Gasteiger partial charge on any atom is 0.253 e. The second-order valence-corrected chi connectivity index (χ2v) is 2.60. The van der Waals surface area contributed by atoms with Crippen molar-refractivity contribution in [3.63, 3.8) is 0 Å². The van der Waals surface area contributed by atoms with Crippen LogP contribution in [0.3, 0.4) is 0 Å². The van der Waals surface area contributed by atoms with E-state index < -0.39 is 12.0 Å². The van der Waals surface area contributed by atoms with Crippen LogP contribution >= 0.6 is 11.3 Å². The summed E-state index contributed by atoms with van der Waals surface area (Å²) in [5.74, 6) is -0.769. The number of carbonyl (C=O) groups excluding carboxylic acids is 1. The molecule has 54 valence electrons. The Kier molecular flexibility index (Phi) is 1.98. The number of nitrogens with zero attached hydrogens (tertiary/aromatic N) is 1. The average molecular weight is 158 g/mol. The molecule has 0 aliphatic rings. The Labute approximate surface area is 61.3 Å². The van der Waals surface area contributed by atoms with Crippen LogP contribution in [-0.4, -0.2) is 16.0 Å². The molecule has 0 bridgehead atoms. The number of nitrogens with two attached hydrogens (primary N) is 1. The van der Waals surface area contributed by atoms with Gasteiger partial charge in [-0.15, -0.1) is 11.3 Å². The summed E-state index contributed by atoms with van der Waals surface area (Å²) in [5, 5.41) is 11.0. The molecule has 0 radical (unpaired) electrons. The number of primary amides is 1. The molecule has 1 heterocycles. The summed E-state index contributed by atoms with van der Waals surface area (Å²) in [4.78, 5) is 14.0. The van der Waals surface area contributed by atoms with E-state index in [0.29, 0.717) is 5.01 Å². The molecule has 0 spiro atoms. The second-order valence-electron chi connectivity index (χ2n) is 1.68. The molecule has 5 heteroatoms. The number of thiazole rings is 1. The fourth-order valence-electron chi connectivity index (χ4n) is 0.491. The molecule has 4 nitrogen and oxygen atoms in total. The van der Waals surface area contributed by atoms with E-state index in [4.69, 9.17) is 10.8 Å². The molecule has 10 heavy (non-hydrogen) atoms. The molecule has 0 aliphatic heterocycles. The van der Waals surface area contributed by atoms with Gasteiger partial charge in [-0.1, -0.05) is 0 Å². The van der Waals surface area contributed by atoms with Crippen molar-refractivity contribution in [2.45, 2.75) is 6.10 Å². The Bertz CT molecular complexity index is 222. The van der Waals surface area contributed by atoms with Crippen molar-refractivity contribution in [1.82, 2.24) is 4.98 Å². The van der Waals surface area contributed by atoms with Crippen LogP contribution in [-0.2, 0) is 4.79 Å². The standard InChI is InChI=1S/C5H6N2O2S/c6-4(9)3(8)5-7-1-2-10-5/h1-3,8H,(H2,6,9). The molecule has 1 rings (SSSR count). The number of hydrogen-bond donors (Lipinski definition) is 2. The Balaban J connectivity index is 2.77. The van der Waals surface area contributed by atoms with Gasteiger partial charge in [-0.3, -0.25) is 4.79 Å². The number of carbonyl (C=O) groups is 1. The van der Waals surface area contributed by atoms with E-state index >= 15 is 0 Å². The monoisotopic (exact) mass is 158 g/mol. The molecular weight excluding hydrogens is 152 g/mol. The Morgan fingerprint density at radius 2 is 2.60 bits per heavy atom. The normalized spacial score (nSPS) is 12.9. The molecular formula is C5H6N2O2S. The first-order chi connectivity index (χ1) is 4.72. The molecule has 1 aromatic rings. The van der Waals surface area contributed by atoms with Gasteiger partial charge < -0.3 is 10.8 Å². The number of hydrogen-bond acceptors (Lipinski definition) is 4. The third-order valence-corrected chi connectivity index (χ3v) is 1.78. The summed E-state index contributed by atoms with van der Waals surface area (Å²) < 4.78 is 0. The van der Waals surface area contributed by atoms with E-state index in [9.17, 15) is 4.79 Å². The third-order valence-electron chi connectivity index (χ3n) is 0.955. The van der Waals surface area contributed by atoms with E-state index in [-0.39, 0.29) is 0 Å². The quantitative estimate of drug-likeness (QED) is 0.618.